The Morgan fingerprint density at radius 3 is 2.72 bits per heavy atom. The van der Waals surface area contributed by atoms with Crippen molar-refractivity contribution >= 4 is 16.7 Å². The largest absolute Gasteiger partial charge is 0.399 e. The average Bonchev–Trinajstić information content (AvgIpc) is 2.67. The van der Waals surface area contributed by atoms with E-state index in [2.05, 4.69) is 34.7 Å². The maximum Gasteiger partial charge on any atom is 0.140 e. The molecule has 0 bridgehead atoms. The number of nitrogens with zero attached hydrogens (tertiary/aromatic N) is 2. The lowest BCUT2D eigenvalue weighted by atomic mass is 10.2. The van der Waals surface area contributed by atoms with Crippen LogP contribution >= 0.6 is 0 Å². The van der Waals surface area contributed by atoms with Gasteiger partial charge in [-0.05, 0) is 36.8 Å². The zero-order valence-corrected chi connectivity index (χ0v) is 10.5. The molecule has 0 aliphatic carbocycles. The molecule has 0 radical (unpaired) electrons. The van der Waals surface area contributed by atoms with Crippen molar-refractivity contribution in [2.24, 2.45) is 7.05 Å². The van der Waals surface area contributed by atoms with Crippen LogP contribution in [0.5, 0.6) is 0 Å². The standard InChI is InChI=1S/C15H15N3/c1-10-6-7-13-14(8-10)18(2)15(17-13)11-4-3-5-12(16)9-11/h3-9H,16H2,1-2H3. The summed E-state index contributed by atoms with van der Waals surface area (Å²) in [7, 11) is 2.04. The number of anilines is 1. The van der Waals surface area contributed by atoms with E-state index in [1.807, 2.05) is 31.3 Å². The van der Waals surface area contributed by atoms with Crippen LogP contribution in [0.2, 0.25) is 0 Å². The van der Waals surface area contributed by atoms with E-state index in [1.165, 1.54) is 5.56 Å². The second-order valence-electron chi connectivity index (χ2n) is 4.61. The fourth-order valence-corrected chi connectivity index (χ4v) is 2.24. The molecule has 1 heterocycles. The highest BCUT2D eigenvalue weighted by molar-refractivity contribution is 5.81. The maximum absolute atomic E-state index is 5.83. The zero-order chi connectivity index (χ0) is 12.7. The van der Waals surface area contributed by atoms with Crippen molar-refractivity contribution in [3.63, 3.8) is 0 Å². The summed E-state index contributed by atoms with van der Waals surface area (Å²) in [5.41, 5.74) is 11.0. The van der Waals surface area contributed by atoms with Gasteiger partial charge in [0.05, 0.1) is 11.0 Å². The number of imidazole rings is 1. The molecule has 3 aromatic rings. The quantitative estimate of drug-likeness (QED) is 0.661. The van der Waals surface area contributed by atoms with Crippen LogP contribution in [0.4, 0.5) is 5.69 Å². The molecule has 3 heteroatoms. The molecule has 3 rings (SSSR count). The second-order valence-corrected chi connectivity index (χ2v) is 4.61. The van der Waals surface area contributed by atoms with Gasteiger partial charge in [0, 0.05) is 18.3 Å². The number of rotatable bonds is 1. The molecule has 0 fully saturated rings. The molecule has 0 unspecified atom stereocenters. The molecule has 18 heavy (non-hydrogen) atoms. The lowest BCUT2D eigenvalue weighted by Crippen LogP contribution is -1.93. The van der Waals surface area contributed by atoms with Gasteiger partial charge in [-0.1, -0.05) is 18.2 Å². The molecule has 0 saturated heterocycles. The number of fused-ring (bicyclic) bond motifs is 1. The number of hydrogen-bond donors (Lipinski definition) is 1. The summed E-state index contributed by atoms with van der Waals surface area (Å²) in [5.74, 6) is 0.947. The third-order valence-corrected chi connectivity index (χ3v) is 3.18. The fraction of sp³-hybridized carbons (Fsp3) is 0.133. The molecular weight excluding hydrogens is 222 g/mol. The Morgan fingerprint density at radius 1 is 1.11 bits per heavy atom. The van der Waals surface area contributed by atoms with Crippen LogP contribution in [0.3, 0.4) is 0 Å². The summed E-state index contributed by atoms with van der Waals surface area (Å²) in [6, 6.07) is 14.1. The number of aromatic nitrogens is 2. The molecular formula is C15H15N3. The molecule has 1 aromatic heterocycles. The third kappa shape index (κ3) is 1.64. The van der Waals surface area contributed by atoms with E-state index in [0.717, 1.165) is 28.1 Å². The van der Waals surface area contributed by atoms with Gasteiger partial charge in [0.15, 0.2) is 0 Å². The van der Waals surface area contributed by atoms with Crippen molar-refractivity contribution in [3.05, 3.63) is 48.0 Å². The maximum atomic E-state index is 5.83. The Labute approximate surface area is 106 Å². The fourth-order valence-electron chi connectivity index (χ4n) is 2.24. The molecule has 0 saturated carbocycles. The van der Waals surface area contributed by atoms with Gasteiger partial charge in [-0.15, -0.1) is 0 Å². The van der Waals surface area contributed by atoms with E-state index in [9.17, 15) is 0 Å². The molecule has 2 N–H and O–H groups in total. The Morgan fingerprint density at radius 2 is 1.94 bits per heavy atom. The van der Waals surface area contributed by atoms with E-state index in [1.54, 1.807) is 0 Å². The Balaban J connectivity index is 2.27. The van der Waals surface area contributed by atoms with Gasteiger partial charge in [0.1, 0.15) is 5.82 Å². The van der Waals surface area contributed by atoms with E-state index in [4.69, 9.17) is 5.73 Å². The molecule has 3 nitrogen and oxygen atoms in total. The van der Waals surface area contributed by atoms with E-state index in [-0.39, 0.29) is 0 Å². The highest BCUT2D eigenvalue weighted by atomic mass is 15.1. The number of benzene rings is 2. The highest BCUT2D eigenvalue weighted by Crippen LogP contribution is 2.25. The first-order valence-corrected chi connectivity index (χ1v) is 5.94. The minimum absolute atomic E-state index is 0.760. The average molecular weight is 237 g/mol. The SMILES string of the molecule is Cc1ccc2nc(-c3cccc(N)c3)n(C)c2c1. The first kappa shape index (κ1) is 10.8. The number of nitrogens with two attached hydrogens (primary N) is 1. The highest BCUT2D eigenvalue weighted by Gasteiger charge is 2.09. The van der Waals surface area contributed by atoms with Gasteiger partial charge in [-0.3, -0.25) is 0 Å². The lowest BCUT2D eigenvalue weighted by molar-refractivity contribution is 0.959. The van der Waals surface area contributed by atoms with Crippen molar-refractivity contribution in [2.75, 3.05) is 5.73 Å². The summed E-state index contributed by atoms with van der Waals surface area (Å²) in [6.07, 6.45) is 0. The van der Waals surface area contributed by atoms with Gasteiger partial charge >= 0.3 is 0 Å². The number of hydrogen-bond acceptors (Lipinski definition) is 2. The minimum atomic E-state index is 0.760. The van der Waals surface area contributed by atoms with Crippen LogP contribution in [-0.2, 0) is 7.05 Å². The van der Waals surface area contributed by atoms with Gasteiger partial charge in [0.2, 0.25) is 0 Å². The molecule has 2 aromatic carbocycles. The van der Waals surface area contributed by atoms with Crippen LogP contribution in [0.1, 0.15) is 5.56 Å². The van der Waals surface area contributed by atoms with Gasteiger partial charge in [0.25, 0.3) is 0 Å². The third-order valence-electron chi connectivity index (χ3n) is 3.18. The summed E-state index contributed by atoms with van der Waals surface area (Å²) in [6.45, 7) is 2.09. The van der Waals surface area contributed by atoms with Crippen LogP contribution < -0.4 is 5.73 Å². The Kier molecular flexibility index (Phi) is 2.33. The van der Waals surface area contributed by atoms with Gasteiger partial charge in [-0.2, -0.15) is 0 Å². The molecule has 0 spiro atoms. The summed E-state index contributed by atoms with van der Waals surface area (Å²) in [4.78, 5) is 4.67. The van der Waals surface area contributed by atoms with Crippen LogP contribution in [0, 0.1) is 6.92 Å². The first-order chi connectivity index (χ1) is 8.65. The van der Waals surface area contributed by atoms with Crippen LogP contribution in [-0.4, -0.2) is 9.55 Å². The van der Waals surface area contributed by atoms with Crippen LogP contribution in [0.15, 0.2) is 42.5 Å². The molecule has 90 valence electrons. The first-order valence-electron chi connectivity index (χ1n) is 5.94. The summed E-state index contributed by atoms with van der Waals surface area (Å²) >= 11 is 0. The normalized spacial score (nSPS) is 11.0. The predicted molar refractivity (Wildman–Crippen MR) is 75.3 cm³/mol. The Bertz CT molecular complexity index is 726. The molecule has 0 aliphatic heterocycles. The van der Waals surface area contributed by atoms with E-state index < -0.39 is 0 Å². The molecule has 0 amide bonds. The Hall–Kier alpha value is -2.29. The topological polar surface area (TPSA) is 43.8 Å². The predicted octanol–water partition coefficient (Wildman–Crippen LogP) is 3.13. The van der Waals surface area contributed by atoms with Crippen molar-refractivity contribution < 1.29 is 0 Å². The summed E-state index contributed by atoms with van der Waals surface area (Å²) in [5, 5.41) is 0. The summed E-state index contributed by atoms with van der Waals surface area (Å²) < 4.78 is 2.11. The van der Waals surface area contributed by atoms with Gasteiger partial charge in [-0.25, -0.2) is 4.98 Å². The zero-order valence-electron chi connectivity index (χ0n) is 10.5. The van der Waals surface area contributed by atoms with Crippen molar-refractivity contribution in [1.29, 1.82) is 0 Å². The van der Waals surface area contributed by atoms with Gasteiger partial charge < -0.3 is 10.3 Å². The van der Waals surface area contributed by atoms with E-state index in [0.29, 0.717) is 0 Å². The van der Waals surface area contributed by atoms with Crippen molar-refractivity contribution in [3.8, 4) is 11.4 Å². The molecule has 0 aliphatic rings. The number of aryl methyl sites for hydroxylation is 2. The smallest absolute Gasteiger partial charge is 0.140 e. The molecule has 0 atom stereocenters. The monoisotopic (exact) mass is 237 g/mol. The van der Waals surface area contributed by atoms with E-state index >= 15 is 0 Å². The lowest BCUT2D eigenvalue weighted by Gasteiger charge is -2.03. The van der Waals surface area contributed by atoms with Crippen molar-refractivity contribution in [2.45, 2.75) is 6.92 Å². The number of nitrogen functional groups attached to an aromatic ring is 1. The minimum Gasteiger partial charge on any atom is -0.399 e. The van der Waals surface area contributed by atoms with Crippen LogP contribution in [0.25, 0.3) is 22.4 Å². The van der Waals surface area contributed by atoms with Crippen molar-refractivity contribution in [1.82, 2.24) is 9.55 Å². The second kappa shape index (κ2) is 3.88.